The van der Waals surface area contributed by atoms with Crippen LogP contribution in [-0.2, 0) is 30.4 Å². The summed E-state index contributed by atoms with van der Waals surface area (Å²) in [7, 11) is 1.57. The van der Waals surface area contributed by atoms with Crippen molar-refractivity contribution in [2.45, 2.75) is 84.0 Å². The van der Waals surface area contributed by atoms with Crippen LogP contribution >= 0.6 is 0 Å². The minimum Gasteiger partial charge on any atom is -0.394 e. The molecule has 15 nitrogen and oxygen atoms in total. The molecule has 1 aromatic carbocycles. The zero-order valence-corrected chi connectivity index (χ0v) is 26.9. The van der Waals surface area contributed by atoms with Gasteiger partial charge in [-0.2, -0.15) is 0 Å². The van der Waals surface area contributed by atoms with E-state index in [9.17, 15) is 29.1 Å². The molecule has 0 spiro atoms. The van der Waals surface area contributed by atoms with E-state index >= 15 is 0 Å². The maximum atomic E-state index is 13.3. The number of amides is 5. The highest BCUT2D eigenvalue weighted by Crippen LogP contribution is 2.18. The van der Waals surface area contributed by atoms with Gasteiger partial charge in [-0.15, -0.1) is 0 Å². The van der Waals surface area contributed by atoms with Gasteiger partial charge in [0.2, 0.25) is 29.5 Å². The van der Waals surface area contributed by atoms with E-state index in [1.165, 1.54) is 4.90 Å². The molecular formula is C30H51N9O6. The number of benzene rings is 1. The lowest BCUT2D eigenvalue weighted by Gasteiger charge is -2.27. The number of rotatable bonds is 19. The van der Waals surface area contributed by atoms with Crippen LogP contribution in [0, 0.1) is 11.8 Å². The van der Waals surface area contributed by atoms with Gasteiger partial charge in [-0.1, -0.05) is 39.8 Å². The molecule has 4 atom stereocenters. The predicted molar refractivity (Wildman–Crippen MR) is 172 cm³/mol. The normalized spacial score (nSPS) is 13.7. The Bertz CT molecular complexity index is 1170. The van der Waals surface area contributed by atoms with E-state index in [0.29, 0.717) is 30.5 Å². The van der Waals surface area contributed by atoms with Crippen molar-refractivity contribution in [3.8, 4) is 0 Å². The summed E-state index contributed by atoms with van der Waals surface area (Å²) in [5.74, 6) is -2.55. The van der Waals surface area contributed by atoms with Gasteiger partial charge in [-0.25, -0.2) is 0 Å². The van der Waals surface area contributed by atoms with Crippen LogP contribution in [0.15, 0.2) is 29.3 Å². The standard InChI is InChI=1S/C30H51N9O6/c1-17(2)13-23(26(32)42)37-28(44)22(7-6-12-35-30(33)34)36-25(41)15-19-8-10-20(11-9-19)39(5)29(45)24(14-18(3)4)38-27(43)21(31)16-40/h8-11,17-18,21-24,40H,6-7,12-16,31H2,1-5H3,(H2,32,42)(H,36,41)(H,37,44)(H,38,43)(H4,33,34,35)/t21-,22-,23-,24-/m0/s1. The van der Waals surface area contributed by atoms with Crippen LogP contribution in [0.5, 0.6) is 0 Å². The van der Waals surface area contributed by atoms with E-state index in [2.05, 4.69) is 20.9 Å². The van der Waals surface area contributed by atoms with Crippen molar-refractivity contribution in [3.63, 3.8) is 0 Å². The number of carbonyl (C=O) groups is 5. The lowest BCUT2D eigenvalue weighted by molar-refractivity contribution is -0.131. The van der Waals surface area contributed by atoms with Crippen molar-refractivity contribution < 1.29 is 29.1 Å². The number of aliphatic hydroxyl groups excluding tert-OH is 1. The van der Waals surface area contributed by atoms with E-state index in [4.69, 9.17) is 22.9 Å². The van der Waals surface area contributed by atoms with E-state index in [-0.39, 0.29) is 43.1 Å². The molecule has 12 N–H and O–H groups in total. The SMILES string of the molecule is CC(C)C[C@H](NC(=O)[C@H](CCCN=C(N)N)NC(=O)Cc1ccc(N(C)C(=O)[C@H](CC(C)C)NC(=O)[C@@H](N)CO)cc1)C(N)=O. The molecule has 0 fully saturated rings. The first-order chi connectivity index (χ1) is 21.0. The van der Waals surface area contributed by atoms with Gasteiger partial charge in [0.25, 0.3) is 0 Å². The fraction of sp³-hybridized carbons (Fsp3) is 0.600. The topological polar surface area (TPSA) is 261 Å². The molecule has 252 valence electrons. The lowest BCUT2D eigenvalue weighted by Crippen LogP contribution is -2.53. The predicted octanol–water partition coefficient (Wildman–Crippen LogP) is -1.40. The number of primary amides is 1. The highest BCUT2D eigenvalue weighted by Gasteiger charge is 2.28. The number of aliphatic imine (C=N–C) groups is 1. The first-order valence-corrected chi connectivity index (χ1v) is 15.0. The molecule has 5 amide bonds. The summed E-state index contributed by atoms with van der Waals surface area (Å²) < 4.78 is 0. The number of anilines is 1. The van der Waals surface area contributed by atoms with Crippen LogP contribution in [0.4, 0.5) is 5.69 Å². The van der Waals surface area contributed by atoms with Crippen molar-refractivity contribution >= 4 is 41.2 Å². The molecule has 0 saturated carbocycles. The Labute approximate surface area is 264 Å². The number of nitrogens with two attached hydrogens (primary N) is 4. The summed E-state index contributed by atoms with van der Waals surface area (Å²) in [4.78, 5) is 68.8. The fourth-order valence-corrected chi connectivity index (χ4v) is 4.45. The maximum Gasteiger partial charge on any atom is 0.249 e. The number of likely N-dealkylation sites (N-methyl/N-ethyl adjacent to an activating group) is 1. The Morgan fingerprint density at radius 3 is 1.91 bits per heavy atom. The van der Waals surface area contributed by atoms with E-state index in [1.807, 2.05) is 27.7 Å². The molecule has 0 aliphatic carbocycles. The van der Waals surface area contributed by atoms with Crippen LogP contribution in [0.25, 0.3) is 0 Å². The number of hydrogen-bond donors (Lipinski definition) is 8. The Kier molecular flexibility index (Phi) is 16.6. The van der Waals surface area contributed by atoms with Gasteiger partial charge in [-0.3, -0.25) is 29.0 Å². The molecular weight excluding hydrogens is 582 g/mol. The van der Waals surface area contributed by atoms with Gasteiger partial charge < -0.3 is 48.9 Å². The Balaban J connectivity index is 2.99. The van der Waals surface area contributed by atoms with E-state index < -0.39 is 54.4 Å². The van der Waals surface area contributed by atoms with Gasteiger partial charge >= 0.3 is 0 Å². The fourth-order valence-electron chi connectivity index (χ4n) is 4.45. The zero-order chi connectivity index (χ0) is 34.3. The number of nitrogens with one attached hydrogen (secondary N) is 3. The summed E-state index contributed by atoms with van der Waals surface area (Å²) in [6.45, 7) is 7.32. The Morgan fingerprint density at radius 1 is 0.844 bits per heavy atom. The van der Waals surface area contributed by atoms with Gasteiger partial charge in [0, 0.05) is 19.3 Å². The van der Waals surface area contributed by atoms with Crippen LogP contribution < -0.4 is 43.8 Å². The molecule has 45 heavy (non-hydrogen) atoms. The van der Waals surface area contributed by atoms with E-state index in [0.717, 1.165) is 0 Å². The van der Waals surface area contributed by atoms with Crippen molar-refractivity contribution in [1.29, 1.82) is 0 Å². The quantitative estimate of drug-likeness (QED) is 0.0505. The first kappa shape index (κ1) is 38.8. The zero-order valence-electron chi connectivity index (χ0n) is 26.9. The van der Waals surface area contributed by atoms with Crippen LogP contribution in [-0.4, -0.2) is 85.0 Å². The molecule has 1 aromatic rings. The third-order valence-corrected chi connectivity index (χ3v) is 6.84. The van der Waals surface area contributed by atoms with Crippen molar-refractivity contribution in [1.82, 2.24) is 16.0 Å². The second-order valence-electron chi connectivity index (χ2n) is 11.9. The molecule has 15 heteroatoms. The van der Waals surface area contributed by atoms with Crippen molar-refractivity contribution in [3.05, 3.63) is 29.8 Å². The number of carbonyl (C=O) groups excluding carboxylic acids is 5. The second kappa shape index (κ2) is 19.2. The van der Waals surface area contributed by atoms with Gasteiger partial charge in [0.15, 0.2) is 5.96 Å². The molecule has 0 saturated heterocycles. The third-order valence-electron chi connectivity index (χ3n) is 6.84. The summed E-state index contributed by atoms with van der Waals surface area (Å²) >= 11 is 0. The third kappa shape index (κ3) is 14.4. The van der Waals surface area contributed by atoms with Crippen molar-refractivity contribution in [2.24, 2.45) is 39.8 Å². The maximum absolute atomic E-state index is 13.3. The Hall–Kier alpha value is -4.24. The molecule has 0 heterocycles. The first-order valence-electron chi connectivity index (χ1n) is 15.0. The highest BCUT2D eigenvalue weighted by atomic mass is 16.3. The second-order valence-corrected chi connectivity index (χ2v) is 11.9. The summed E-state index contributed by atoms with van der Waals surface area (Å²) in [6.07, 6.45) is 1.25. The van der Waals surface area contributed by atoms with Gasteiger partial charge in [-0.05, 0) is 55.2 Å². The average Bonchev–Trinajstić information content (AvgIpc) is 2.96. The van der Waals surface area contributed by atoms with Crippen LogP contribution in [0.2, 0.25) is 0 Å². The number of nitrogens with zero attached hydrogens (tertiary/aromatic N) is 2. The van der Waals surface area contributed by atoms with Gasteiger partial charge in [0.05, 0.1) is 13.0 Å². The van der Waals surface area contributed by atoms with Gasteiger partial charge in [0.1, 0.15) is 24.2 Å². The molecule has 0 radical (unpaired) electrons. The number of hydrogen-bond acceptors (Lipinski definition) is 8. The largest absolute Gasteiger partial charge is 0.394 e. The Morgan fingerprint density at radius 2 is 1.40 bits per heavy atom. The summed E-state index contributed by atoms with van der Waals surface area (Å²) in [6, 6.07) is 2.84. The minimum atomic E-state index is -1.14. The van der Waals surface area contributed by atoms with Crippen molar-refractivity contribution in [2.75, 3.05) is 25.1 Å². The molecule has 0 aliphatic heterocycles. The summed E-state index contributed by atoms with van der Waals surface area (Å²) in [5.41, 5.74) is 23.0. The average molecular weight is 634 g/mol. The molecule has 0 bridgehead atoms. The summed E-state index contributed by atoms with van der Waals surface area (Å²) in [5, 5.41) is 17.2. The lowest BCUT2D eigenvalue weighted by atomic mass is 10.0. The highest BCUT2D eigenvalue weighted by molar-refractivity contribution is 5.99. The number of guanidine groups is 1. The molecule has 0 aliphatic rings. The minimum absolute atomic E-state index is 0.0635. The molecule has 0 aromatic heterocycles. The molecule has 0 unspecified atom stereocenters. The van der Waals surface area contributed by atoms with E-state index in [1.54, 1.807) is 31.3 Å². The monoisotopic (exact) mass is 633 g/mol. The number of aliphatic hydroxyl groups is 1. The van der Waals surface area contributed by atoms with Crippen LogP contribution in [0.3, 0.4) is 0 Å². The van der Waals surface area contributed by atoms with Crippen LogP contribution in [0.1, 0.15) is 58.9 Å². The smallest absolute Gasteiger partial charge is 0.249 e. The molecule has 1 rings (SSSR count).